The highest BCUT2D eigenvalue weighted by atomic mass is 19.4. The number of piperidine rings is 1. The molecule has 2 atom stereocenters. The number of alkyl halides is 3. The number of fused-ring (bicyclic) bond motifs is 4. The summed E-state index contributed by atoms with van der Waals surface area (Å²) in [6.07, 6.45) is 2.48. The maximum Gasteiger partial charge on any atom is 0.414 e. The number of ether oxygens (including phenoxy) is 3. The van der Waals surface area contributed by atoms with Crippen LogP contribution in [-0.4, -0.2) is 99.9 Å². The second-order valence-corrected chi connectivity index (χ2v) is 16.4. The predicted octanol–water partition coefficient (Wildman–Crippen LogP) is 6.76. The lowest BCUT2D eigenvalue weighted by molar-refractivity contribution is -0.226. The predicted molar refractivity (Wildman–Crippen MR) is 218 cm³/mol. The maximum atomic E-state index is 13.9. The Balaban J connectivity index is 0.659. The van der Waals surface area contributed by atoms with Crippen LogP contribution in [0.2, 0.25) is 0 Å². The van der Waals surface area contributed by atoms with Crippen molar-refractivity contribution in [1.29, 1.82) is 0 Å². The van der Waals surface area contributed by atoms with E-state index in [4.69, 9.17) is 14.2 Å². The molecule has 0 radical (unpaired) electrons. The number of carbonyl (C=O) groups excluding carboxylic acids is 4. The zero-order chi connectivity index (χ0) is 42.4. The number of imide groups is 2. The van der Waals surface area contributed by atoms with Crippen LogP contribution in [0.5, 0.6) is 5.88 Å². The van der Waals surface area contributed by atoms with Crippen molar-refractivity contribution in [1.82, 2.24) is 24.8 Å². The van der Waals surface area contributed by atoms with E-state index >= 15 is 0 Å². The van der Waals surface area contributed by atoms with Crippen molar-refractivity contribution in [3.05, 3.63) is 84.3 Å². The Labute approximate surface area is 349 Å². The number of pyridine rings is 2. The lowest BCUT2D eigenvalue weighted by Crippen LogP contribution is -2.54. The van der Waals surface area contributed by atoms with Crippen molar-refractivity contribution in [3.63, 3.8) is 0 Å². The standard InChI is InChI=1S/C45H45F3N6O7/c1-52-36-13-14-49-23-35(36)32-8-5-27(18-38(32)52)28-6-12-41(50-22-28)61-31-20-30(21-31)59-15-3-2-4-16-60-39(45(46,47)48)17-26-24-53(25-26)29-7-9-33-34(19-29)44(58)54(43(33)57)37-10-11-40(55)51-42(37)56/h5-9,12-14,18-19,22-23,26,30-31,37,39H,2-4,10-11,15-17,20-21,24-25H2,1H3,(H,51,55,56). The maximum absolute atomic E-state index is 13.9. The van der Waals surface area contributed by atoms with Gasteiger partial charge in [-0.05, 0) is 80.0 Å². The molecule has 2 saturated heterocycles. The molecule has 16 heteroatoms. The average Bonchev–Trinajstić information content (AvgIpc) is 3.64. The third-order valence-electron chi connectivity index (χ3n) is 12.3. The minimum absolute atomic E-state index is 0.00805. The van der Waals surface area contributed by atoms with E-state index in [-0.39, 0.29) is 55.1 Å². The molecule has 0 bridgehead atoms. The number of unbranched alkanes of at least 4 members (excludes halogenated alkanes) is 2. The van der Waals surface area contributed by atoms with E-state index in [0.717, 1.165) is 50.7 Å². The van der Waals surface area contributed by atoms with Gasteiger partial charge in [-0.1, -0.05) is 12.1 Å². The molecule has 4 amide bonds. The average molecular weight is 839 g/mol. The first-order chi connectivity index (χ1) is 29.4. The molecule has 0 spiro atoms. The fraction of sp³-hybridized carbons (Fsp3) is 0.422. The highest BCUT2D eigenvalue weighted by molar-refractivity contribution is 6.23. The number of hydrogen-bond donors (Lipinski definition) is 1. The molecule has 5 aromatic rings. The summed E-state index contributed by atoms with van der Waals surface area (Å²) in [6.45, 7) is 1.18. The molecule has 1 aliphatic carbocycles. The number of carbonyl (C=O) groups is 4. The van der Waals surface area contributed by atoms with Crippen LogP contribution in [0.25, 0.3) is 32.9 Å². The molecular weight excluding hydrogens is 794 g/mol. The van der Waals surface area contributed by atoms with Crippen LogP contribution in [0.1, 0.15) is 72.1 Å². The molecule has 61 heavy (non-hydrogen) atoms. The quantitative estimate of drug-likeness (QED) is 0.0887. The minimum atomic E-state index is -4.50. The Morgan fingerprint density at radius 1 is 0.836 bits per heavy atom. The summed E-state index contributed by atoms with van der Waals surface area (Å²) in [5, 5.41) is 4.45. The molecule has 3 aliphatic heterocycles. The largest absolute Gasteiger partial charge is 0.474 e. The van der Waals surface area contributed by atoms with Gasteiger partial charge in [0.15, 0.2) is 6.10 Å². The van der Waals surface area contributed by atoms with Crippen LogP contribution in [0.4, 0.5) is 18.9 Å². The van der Waals surface area contributed by atoms with Gasteiger partial charge in [0, 0.05) is 105 Å². The van der Waals surface area contributed by atoms with Gasteiger partial charge >= 0.3 is 6.18 Å². The molecule has 2 aromatic carbocycles. The molecule has 6 heterocycles. The number of nitrogens with one attached hydrogen (secondary N) is 1. The van der Waals surface area contributed by atoms with Crippen molar-refractivity contribution in [2.24, 2.45) is 13.0 Å². The van der Waals surface area contributed by atoms with Gasteiger partial charge in [0.1, 0.15) is 12.1 Å². The number of aryl methyl sites for hydroxylation is 1. The summed E-state index contributed by atoms with van der Waals surface area (Å²) in [5.41, 5.74) is 5.20. The summed E-state index contributed by atoms with van der Waals surface area (Å²) in [4.78, 5) is 61.7. The monoisotopic (exact) mass is 838 g/mol. The van der Waals surface area contributed by atoms with Gasteiger partial charge in [0.25, 0.3) is 11.8 Å². The number of rotatable bonds is 15. The number of benzene rings is 2. The van der Waals surface area contributed by atoms with E-state index in [2.05, 4.69) is 45.1 Å². The SMILES string of the molecule is Cn1c2ccncc2c2ccc(-c3ccc(OC4CC(OCCCCCOC(CC5CN(c6ccc7c(c6)C(=O)N(C6CCC(=O)NC6=O)C7=O)C5)C(F)(F)F)C4)nc3)cc21. The Hall–Kier alpha value is -5.87. The summed E-state index contributed by atoms with van der Waals surface area (Å²) < 4.78 is 61.4. The zero-order valence-electron chi connectivity index (χ0n) is 33.5. The van der Waals surface area contributed by atoms with Crippen molar-refractivity contribution < 1.29 is 46.6 Å². The summed E-state index contributed by atoms with van der Waals surface area (Å²) in [7, 11) is 2.06. The minimum Gasteiger partial charge on any atom is -0.474 e. The second kappa shape index (κ2) is 16.5. The molecule has 3 fully saturated rings. The molecule has 318 valence electrons. The van der Waals surface area contributed by atoms with Gasteiger partial charge in [0.05, 0.1) is 22.7 Å². The summed E-state index contributed by atoms with van der Waals surface area (Å²) in [6, 6.07) is 15.9. The molecular formula is C45H45F3N6O7. The van der Waals surface area contributed by atoms with E-state index in [1.807, 2.05) is 35.5 Å². The highest BCUT2D eigenvalue weighted by Gasteiger charge is 2.46. The highest BCUT2D eigenvalue weighted by Crippen LogP contribution is 2.37. The number of hydrogen-bond acceptors (Lipinski definition) is 10. The van der Waals surface area contributed by atoms with Gasteiger partial charge in [0.2, 0.25) is 17.7 Å². The van der Waals surface area contributed by atoms with Crippen molar-refractivity contribution in [3.8, 4) is 17.0 Å². The van der Waals surface area contributed by atoms with Crippen molar-refractivity contribution in [2.75, 3.05) is 31.2 Å². The van der Waals surface area contributed by atoms with Crippen LogP contribution < -0.4 is 15.0 Å². The Kier molecular flexibility index (Phi) is 11.0. The van der Waals surface area contributed by atoms with Crippen molar-refractivity contribution in [2.45, 2.75) is 81.9 Å². The van der Waals surface area contributed by atoms with Gasteiger partial charge < -0.3 is 23.7 Å². The Morgan fingerprint density at radius 2 is 1.62 bits per heavy atom. The van der Waals surface area contributed by atoms with Crippen LogP contribution in [-0.2, 0) is 26.1 Å². The number of amides is 4. The van der Waals surface area contributed by atoms with E-state index in [1.165, 1.54) is 6.07 Å². The van der Waals surface area contributed by atoms with Gasteiger partial charge in [-0.15, -0.1) is 0 Å². The fourth-order valence-corrected chi connectivity index (χ4v) is 8.82. The lowest BCUT2D eigenvalue weighted by atomic mass is 9.92. The first kappa shape index (κ1) is 40.5. The number of nitrogens with zero attached hydrogens (tertiary/aromatic N) is 5. The van der Waals surface area contributed by atoms with Crippen LogP contribution >= 0.6 is 0 Å². The number of aromatic nitrogens is 3. The normalized spacial score (nSPS) is 21.1. The third kappa shape index (κ3) is 8.18. The molecule has 2 unspecified atom stereocenters. The number of anilines is 1. The molecule has 1 saturated carbocycles. The molecule has 1 N–H and O–H groups in total. The van der Waals surface area contributed by atoms with E-state index in [0.29, 0.717) is 50.5 Å². The molecule has 3 aromatic heterocycles. The van der Waals surface area contributed by atoms with Crippen LogP contribution in [0.3, 0.4) is 0 Å². The Bertz CT molecular complexity index is 2500. The third-order valence-corrected chi connectivity index (χ3v) is 12.3. The van der Waals surface area contributed by atoms with E-state index < -0.39 is 42.0 Å². The van der Waals surface area contributed by atoms with Crippen LogP contribution in [0, 0.1) is 5.92 Å². The van der Waals surface area contributed by atoms with Gasteiger partial charge in [-0.25, -0.2) is 4.98 Å². The summed E-state index contributed by atoms with van der Waals surface area (Å²) >= 11 is 0. The summed E-state index contributed by atoms with van der Waals surface area (Å²) in [5.74, 6) is -2.10. The first-order valence-corrected chi connectivity index (χ1v) is 20.8. The van der Waals surface area contributed by atoms with E-state index in [9.17, 15) is 32.3 Å². The number of halogens is 3. The van der Waals surface area contributed by atoms with E-state index in [1.54, 1.807) is 18.3 Å². The molecule has 13 nitrogen and oxygen atoms in total. The smallest absolute Gasteiger partial charge is 0.414 e. The molecule has 9 rings (SSSR count). The Morgan fingerprint density at radius 3 is 2.39 bits per heavy atom. The lowest BCUT2D eigenvalue weighted by Gasteiger charge is -2.42. The molecule has 4 aliphatic rings. The fourth-order valence-electron chi connectivity index (χ4n) is 8.82. The van der Waals surface area contributed by atoms with Gasteiger partial charge in [-0.3, -0.25) is 34.4 Å². The second-order valence-electron chi connectivity index (χ2n) is 16.4. The van der Waals surface area contributed by atoms with Gasteiger partial charge in [-0.2, -0.15) is 13.2 Å². The van der Waals surface area contributed by atoms with Crippen LogP contribution in [0.15, 0.2) is 73.2 Å². The topological polar surface area (TPSA) is 145 Å². The van der Waals surface area contributed by atoms with Crippen molar-refractivity contribution >= 4 is 51.1 Å². The first-order valence-electron chi connectivity index (χ1n) is 20.8. The zero-order valence-corrected chi connectivity index (χ0v) is 33.5.